The molecule has 0 aliphatic rings. The molecule has 0 aliphatic heterocycles. The van der Waals surface area contributed by atoms with Crippen LogP contribution < -0.4 is 5.32 Å². The van der Waals surface area contributed by atoms with Crippen LogP contribution in [-0.4, -0.2) is 25.3 Å². The highest BCUT2D eigenvalue weighted by Gasteiger charge is 2.15. The Morgan fingerprint density at radius 3 is 2.53 bits per heavy atom. The van der Waals surface area contributed by atoms with Crippen molar-refractivity contribution in [2.45, 2.75) is 26.4 Å². The lowest BCUT2D eigenvalue weighted by Crippen LogP contribution is -2.33. The van der Waals surface area contributed by atoms with Crippen molar-refractivity contribution in [2.24, 2.45) is 0 Å². The molecule has 0 aromatic heterocycles. The van der Waals surface area contributed by atoms with Gasteiger partial charge in [-0.1, -0.05) is 18.7 Å². The molecule has 0 saturated heterocycles. The summed E-state index contributed by atoms with van der Waals surface area (Å²) in [5.74, 6) is 0. The molecule has 0 aromatic carbocycles. The summed E-state index contributed by atoms with van der Waals surface area (Å²) in [6.07, 6.45) is 6.27. The average molecular weight is 239 g/mol. The standard InChI is InChI=1S/C13H21NO3/c1-6-7-11(8-9-16-5)10-14-12(15)17-13(2,3)4/h6-9H,1,10H2,2-5H3,(H,14,15)/b9-8-,11-7+. The van der Waals surface area contributed by atoms with Crippen LogP contribution >= 0.6 is 0 Å². The van der Waals surface area contributed by atoms with Gasteiger partial charge in [0.05, 0.1) is 13.4 Å². The van der Waals surface area contributed by atoms with Gasteiger partial charge in [-0.05, 0) is 32.4 Å². The summed E-state index contributed by atoms with van der Waals surface area (Å²) >= 11 is 0. The van der Waals surface area contributed by atoms with Crippen molar-refractivity contribution < 1.29 is 14.3 Å². The first-order valence-electron chi connectivity index (χ1n) is 5.37. The minimum Gasteiger partial charge on any atom is -0.504 e. The topological polar surface area (TPSA) is 47.6 Å². The Kier molecular flexibility index (Phi) is 6.79. The number of hydrogen-bond donors (Lipinski definition) is 1. The number of alkyl carbamates (subject to hydrolysis) is 1. The molecule has 0 aromatic rings. The Morgan fingerprint density at radius 2 is 2.06 bits per heavy atom. The first-order valence-corrected chi connectivity index (χ1v) is 5.37. The Labute approximate surface area is 103 Å². The van der Waals surface area contributed by atoms with E-state index in [2.05, 4.69) is 11.9 Å². The summed E-state index contributed by atoms with van der Waals surface area (Å²) in [4.78, 5) is 11.4. The van der Waals surface area contributed by atoms with E-state index in [0.717, 1.165) is 5.57 Å². The van der Waals surface area contributed by atoms with E-state index in [0.29, 0.717) is 6.54 Å². The molecule has 0 spiro atoms. The lowest BCUT2D eigenvalue weighted by Gasteiger charge is -2.19. The van der Waals surface area contributed by atoms with Gasteiger partial charge in [0, 0.05) is 6.54 Å². The third-order valence-electron chi connectivity index (χ3n) is 1.59. The number of nitrogens with one attached hydrogen (secondary N) is 1. The number of amides is 1. The molecule has 0 saturated carbocycles. The Hall–Kier alpha value is -1.71. The summed E-state index contributed by atoms with van der Waals surface area (Å²) in [5, 5.41) is 2.65. The minimum absolute atomic E-state index is 0.362. The largest absolute Gasteiger partial charge is 0.504 e. The number of rotatable bonds is 5. The van der Waals surface area contributed by atoms with Crippen LogP contribution in [0.3, 0.4) is 0 Å². The summed E-state index contributed by atoms with van der Waals surface area (Å²) in [7, 11) is 1.56. The maximum atomic E-state index is 11.4. The fourth-order valence-corrected chi connectivity index (χ4v) is 0.969. The zero-order valence-corrected chi connectivity index (χ0v) is 10.9. The van der Waals surface area contributed by atoms with Gasteiger partial charge in [-0.2, -0.15) is 0 Å². The third-order valence-corrected chi connectivity index (χ3v) is 1.59. The summed E-state index contributed by atoms with van der Waals surface area (Å²) in [6, 6.07) is 0. The molecule has 4 nitrogen and oxygen atoms in total. The van der Waals surface area contributed by atoms with Crippen molar-refractivity contribution in [2.75, 3.05) is 13.7 Å². The van der Waals surface area contributed by atoms with E-state index in [1.807, 2.05) is 20.8 Å². The van der Waals surface area contributed by atoms with Crippen molar-refractivity contribution >= 4 is 6.09 Å². The molecule has 0 fully saturated rings. The number of carbonyl (C=O) groups excluding carboxylic acids is 1. The maximum absolute atomic E-state index is 11.4. The van der Waals surface area contributed by atoms with Crippen molar-refractivity contribution in [3.8, 4) is 0 Å². The monoisotopic (exact) mass is 239 g/mol. The smallest absolute Gasteiger partial charge is 0.407 e. The van der Waals surface area contributed by atoms with E-state index in [9.17, 15) is 4.79 Å². The maximum Gasteiger partial charge on any atom is 0.407 e. The van der Waals surface area contributed by atoms with Gasteiger partial charge in [0.15, 0.2) is 0 Å². The van der Waals surface area contributed by atoms with Crippen LogP contribution in [0.5, 0.6) is 0 Å². The number of ether oxygens (including phenoxy) is 2. The second-order valence-electron chi connectivity index (χ2n) is 4.37. The van der Waals surface area contributed by atoms with Crippen LogP contribution in [0.1, 0.15) is 20.8 Å². The molecule has 0 heterocycles. The second kappa shape index (κ2) is 7.54. The van der Waals surface area contributed by atoms with E-state index >= 15 is 0 Å². The van der Waals surface area contributed by atoms with Gasteiger partial charge in [0.2, 0.25) is 0 Å². The second-order valence-corrected chi connectivity index (χ2v) is 4.37. The Bertz CT molecular complexity index is 311. The average Bonchev–Trinajstić information content (AvgIpc) is 2.19. The van der Waals surface area contributed by atoms with Gasteiger partial charge in [0.1, 0.15) is 5.60 Å². The molecule has 0 aliphatic carbocycles. The van der Waals surface area contributed by atoms with E-state index < -0.39 is 11.7 Å². The third kappa shape index (κ3) is 9.23. The molecule has 1 amide bonds. The van der Waals surface area contributed by atoms with E-state index in [1.165, 1.54) is 6.26 Å². The van der Waals surface area contributed by atoms with Gasteiger partial charge < -0.3 is 14.8 Å². The van der Waals surface area contributed by atoms with Gasteiger partial charge in [-0.3, -0.25) is 0 Å². The molecule has 0 radical (unpaired) electrons. The molecule has 0 atom stereocenters. The van der Waals surface area contributed by atoms with Crippen LogP contribution in [0.15, 0.2) is 36.6 Å². The van der Waals surface area contributed by atoms with E-state index in [1.54, 1.807) is 25.3 Å². The fraction of sp³-hybridized carbons (Fsp3) is 0.462. The molecule has 17 heavy (non-hydrogen) atoms. The molecule has 0 rings (SSSR count). The SMILES string of the molecule is C=C/C=C(\C=C/OC)CNC(=O)OC(C)(C)C. The number of methoxy groups -OCH3 is 1. The zero-order chi connectivity index (χ0) is 13.3. The predicted molar refractivity (Wildman–Crippen MR) is 68.7 cm³/mol. The molecule has 1 N–H and O–H groups in total. The number of hydrogen-bond acceptors (Lipinski definition) is 3. The first kappa shape index (κ1) is 15.3. The van der Waals surface area contributed by atoms with E-state index in [-0.39, 0.29) is 0 Å². The van der Waals surface area contributed by atoms with Crippen LogP contribution in [0.25, 0.3) is 0 Å². The number of carbonyl (C=O) groups is 1. The predicted octanol–water partition coefficient (Wildman–Crippen LogP) is 2.78. The van der Waals surface area contributed by atoms with E-state index in [4.69, 9.17) is 9.47 Å². The molecule has 4 heteroatoms. The molecule has 96 valence electrons. The quantitative estimate of drug-likeness (QED) is 0.593. The first-order chi connectivity index (χ1) is 7.89. The highest BCUT2D eigenvalue weighted by atomic mass is 16.6. The van der Waals surface area contributed by atoms with Crippen LogP contribution in [-0.2, 0) is 9.47 Å². The molecule has 0 bridgehead atoms. The lowest BCUT2D eigenvalue weighted by molar-refractivity contribution is 0.0533. The van der Waals surface area contributed by atoms with Crippen LogP contribution in [0.2, 0.25) is 0 Å². The fourth-order valence-electron chi connectivity index (χ4n) is 0.969. The van der Waals surface area contributed by atoms with Crippen molar-refractivity contribution in [1.82, 2.24) is 5.32 Å². The van der Waals surface area contributed by atoms with Crippen molar-refractivity contribution in [3.63, 3.8) is 0 Å². The van der Waals surface area contributed by atoms with Crippen molar-refractivity contribution in [1.29, 1.82) is 0 Å². The molecular weight excluding hydrogens is 218 g/mol. The van der Waals surface area contributed by atoms with Gasteiger partial charge >= 0.3 is 6.09 Å². The lowest BCUT2D eigenvalue weighted by atomic mass is 10.2. The van der Waals surface area contributed by atoms with Crippen LogP contribution in [0, 0.1) is 0 Å². The van der Waals surface area contributed by atoms with Gasteiger partial charge in [0.25, 0.3) is 0 Å². The summed E-state index contributed by atoms with van der Waals surface area (Å²) < 4.78 is 9.92. The Morgan fingerprint density at radius 1 is 1.41 bits per heavy atom. The van der Waals surface area contributed by atoms with Gasteiger partial charge in [-0.25, -0.2) is 4.79 Å². The Balaban J connectivity index is 4.23. The molecule has 0 unspecified atom stereocenters. The number of allylic oxidation sites excluding steroid dienone is 2. The van der Waals surface area contributed by atoms with Crippen LogP contribution in [0.4, 0.5) is 4.79 Å². The normalized spacial score (nSPS) is 12.4. The van der Waals surface area contributed by atoms with Gasteiger partial charge in [-0.15, -0.1) is 0 Å². The summed E-state index contributed by atoms with van der Waals surface area (Å²) in [5.41, 5.74) is 0.377. The highest BCUT2D eigenvalue weighted by Crippen LogP contribution is 2.06. The highest BCUT2D eigenvalue weighted by molar-refractivity contribution is 5.68. The summed E-state index contributed by atoms with van der Waals surface area (Å²) in [6.45, 7) is 9.41. The minimum atomic E-state index is -0.491. The zero-order valence-electron chi connectivity index (χ0n) is 10.9. The molecular formula is C13H21NO3. The van der Waals surface area contributed by atoms with Crippen molar-refractivity contribution in [3.05, 3.63) is 36.6 Å².